The van der Waals surface area contributed by atoms with E-state index in [4.69, 9.17) is 16.7 Å². The monoisotopic (exact) mass is 269 g/mol. The van der Waals surface area contributed by atoms with E-state index in [2.05, 4.69) is 19.2 Å². The van der Waals surface area contributed by atoms with Crippen molar-refractivity contribution in [1.82, 2.24) is 5.32 Å². The maximum absolute atomic E-state index is 10.7. The van der Waals surface area contributed by atoms with Gasteiger partial charge in [0, 0.05) is 23.5 Å². The molecule has 0 saturated heterocycles. The van der Waals surface area contributed by atoms with Crippen LogP contribution in [-0.4, -0.2) is 24.2 Å². The number of carboxylic acid groups (broad SMARTS) is 1. The van der Waals surface area contributed by atoms with Crippen LogP contribution < -0.4 is 5.32 Å². The molecular formula is C14H20ClNO2. The number of hydrogen-bond donors (Lipinski definition) is 2. The van der Waals surface area contributed by atoms with Crippen LogP contribution in [0.3, 0.4) is 0 Å². The third-order valence-electron chi connectivity index (χ3n) is 3.06. The average Bonchev–Trinajstić information content (AvgIpc) is 2.29. The third-order valence-corrected chi connectivity index (χ3v) is 3.32. The minimum atomic E-state index is -0.771. The molecule has 0 radical (unpaired) electrons. The Labute approximate surface area is 113 Å². The standard InChI is InChI=1S/C14H20ClNO2/c1-10(13(17)18)8-16-9-14(2,3)11-4-6-12(15)7-5-11/h4-7,10,16H,8-9H2,1-3H3,(H,17,18). The molecule has 2 N–H and O–H groups in total. The predicted molar refractivity (Wildman–Crippen MR) is 74.1 cm³/mol. The molecule has 0 aromatic heterocycles. The van der Waals surface area contributed by atoms with E-state index in [9.17, 15) is 4.79 Å². The lowest BCUT2D eigenvalue weighted by Gasteiger charge is -2.26. The second kappa shape index (κ2) is 6.21. The Kier molecular flexibility index (Phi) is 5.17. The minimum absolute atomic E-state index is 0.0528. The van der Waals surface area contributed by atoms with Crippen molar-refractivity contribution in [2.45, 2.75) is 26.2 Å². The zero-order chi connectivity index (χ0) is 13.8. The summed E-state index contributed by atoms with van der Waals surface area (Å²) in [5.41, 5.74) is 1.13. The summed E-state index contributed by atoms with van der Waals surface area (Å²) in [4.78, 5) is 10.7. The lowest BCUT2D eigenvalue weighted by atomic mass is 9.84. The predicted octanol–water partition coefficient (Wildman–Crippen LogP) is 2.93. The molecule has 0 fully saturated rings. The minimum Gasteiger partial charge on any atom is -0.481 e. The van der Waals surface area contributed by atoms with Gasteiger partial charge in [0.2, 0.25) is 0 Å². The summed E-state index contributed by atoms with van der Waals surface area (Å²) in [6, 6.07) is 7.76. The van der Waals surface area contributed by atoms with Crippen LogP contribution in [-0.2, 0) is 10.2 Å². The molecule has 0 saturated carbocycles. The summed E-state index contributed by atoms with van der Waals surface area (Å²) in [6.45, 7) is 7.15. The Morgan fingerprint density at radius 3 is 2.44 bits per heavy atom. The van der Waals surface area contributed by atoms with Crippen LogP contribution >= 0.6 is 11.6 Å². The second-order valence-corrected chi connectivity index (χ2v) is 5.70. The molecule has 3 nitrogen and oxygen atoms in total. The van der Waals surface area contributed by atoms with E-state index in [-0.39, 0.29) is 11.3 Å². The van der Waals surface area contributed by atoms with E-state index < -0.39 is 5.97 Å². The highest BCUT2D eigenvalue weighted by Crippen LogP contribution is 2.23. The van der Waals surface area contributed by atoms with Crippen LogP contribution in [0.1, 0.15) is 26.3 Å². The molecule has 1 aromatic rings. The summed E-state index contributed by atoms with van der Waals surface area (Å²) in [5.74, 6) is -1.14. The molecule has 1 atom stereocenters. The highest BCUT2D eigenvalue weighted by atomic mass is 35.5. The highest BCUT2D eigenvalue weighted by molar-refractivity contribution is 6.30. The molecule has 0 aliphatic carbocycles. The van der Waals surface area contributed by atoms with Crippen LogP contribution in [0.15, 0.2) is 24.3 Å². The van der Waals surface area contributed by atoms with E-state index in [0.29, 0.717) is 6.54 Å². The van der Waals surface area contributed by atoms with Gasteiger partial charge in [0.15, 0.2) is 0 Å². The first-order chi connectivity index (χ1) is 8.33. The van der Waals surface area contributed by atoms with Crippen molar-refractivity contribution in [3.8, 4) is 0 Å². The van der Waals surface area contributed by atoms with Crippen LogP contribution in [0.5, 0.6) is 0 Å². The van der Waals surface area contributed by atoms with Crippen LogP contribution in [0, 0.1) is 5.92 Å². The number of aliphatic carboxylic acids is 1. The second-order valence-electron chi connectivity index (χ2n) is 5.26. The van der Waals surface area contributed by atoms with Crippen molar-refractivity contribution in [2.75, 3.05) is 13.1 Å². The van der Waals surface area contributed by atoms with Gasteiger partial charge in [0.05, 0.1) is 5.92 Å². The third kappa shape index (κ3) is 4.31. The number of carboxylic acids is 1. The Balaban J connectivity index is 2.54. The average molecular weight is 270 g/mol. The van der Waals surface area contributed by atoms with Crippen LogP contribution in [0.2, 0.25) is 5.02 Å². The summed E-state index contributed by atoms with van der Waals surface area (Å²) in [5, 5.41) is 12.7. The van der Waals surface area contributed by atoms with Gasteiger partial charge in [-0.3, -0.25) is 4.79 Å². The molecular weight excluding hydrogens is 250 g/mol. The van der Waals surface area contributed by atoms with Crippen molar-refractivity contribution in [1.29, 1.82) is 0 Å². The zero-order valence-corrected chi connectivity index (χ0v) is 11.8. The van der Waals surface area contributed by atoms with Crippen molar-refractivity contribution in [3.63, 3.8) is 0 Å². The van der Waals surface area contributed by atoms with Gasteiger partial charge in [-0.2, -0.15) is 0 Å². The molecule has 0 aliphatic heterocycles. The van der Waals surface area contributed by atoms with Crippen molar-refractivity contribution < 1.29 is 9.90 Å². The summed E-state index contributed by atoms with van der Waals surface area (Å²) < 4.78 is 0. The Bertz CT molecular complexity index is 401. The molecule has 1 rings (SSSR count). The van der Waals surface area contributed by atoms with Gasteiger partial charge < -0.3 is 10.4 Å². The number of benzene rings is 1. The molecule has 18 heavy (non-hydrogen) atoms. The molecule has 1 aromatic carbocycles. The summed E-state index contributed by atoms with van der Waals surface area (Å²) in [7, 11) is 0. The maximum Gasteiger partial charge on any atom is 0.307 e. The summed E-state index contributed by atoms with van der Waals surface area (Å²) in [6.07, 6.45) is 0. The number of hydrogen-bond acceptors (Lipinski definition) is 2. The molecule has 0 amide bonds. The molecule has 0 aliphatic rings. The van der Waals surface area contributed by atoms with Crippen molar-refractivity contribution >= 4 is 17.6 Å². The number of rotatable bonds is 6. The lowest BCUT2D eigenvalue weighted by molar-refractivity contribution is -0.140. The quantitative estimate of drug-likeness (QED) is 0.835. The Hall–Kier alpha value is -1.06. The zero-order valence-electron chi connectivity index (χ0n) is 11.0. The number of halogens is 1. The first-order valence-electron chi connectivity index (χ1n) is 6.02. The largest absolute Gasteiger partial charge is 0.481 e. The van der Waals surface area contributed by atoms with Crippen LogP contribution in [0.4, 0.5) is 0 Å². The Morgan fingerprint density at radius 1 is 1.39 bits per heavy atom. The van der Waals surface area contributed by atoms with Gasteiger partial charge in [-0.15, -0.1) is 0 Å². The topological polar surface area (TPSA) is 49.3 Å². The van der Waals surface area contributed by atoms with Gasteiger partial charge in [-0.25, -0.2) is 0 Å². The Morgan fingerprint density at radius 2 is 1.94 bits per heavy atom. The first kappa shape index (κ1) is 15.0. The van der Waals surface area contributed by atoms with Gasteiger partial charge in [-0.05, 0) is 17.7 Å². The van der Waals surface area contributed by atoms with Gasteiger partial charge in [0.1, 0.15) is 0 Å². The fourth-order valence-corrected chi connectivity index (χ4v) is 1.82. The highest BCUT2D eigenvalue weighted by Gasteiger charge is 2.21. The molecule has 100 valence electrons. The molecule has 0 bridgehead atoms. The first-order valence-corrected chi connectivity index (χ1v) is 6.40. The SMILES string of the molecule is CC(CNCC(C)(C)c1ccc(Cl)cc1)C(=O)O. The smallest absolute Gasteiger partial charge is 0.307 e. The lowest BCUT2D eigenvalue weighted by Crippen LogP contribution is -2.36. The van der Waals surface area contributed by atoms with Gasteiger partial charge in [0.25, 0.3) is 0 Å². The van der Waals surface area contributed by atoms with E-state index in [1.54, 1.807) is 6.92 Å². The molecule has 0 spiro atoms. The molecule has 1 unspecified atom stereocenters. The fourth-order valence-electron chi connectivity index (χ4n) is 1.69. The number of nitrogens with one attached hydrogen (secondary N) is 1. The maximum atomic E-state index is 10.7. The van der Waals surface area contributed by atoms with E-state index >= 15 is 0 Å². The van der Waals surface area contributed by atoms with Gasteiger partial charge in [-0.1, -0.05) is 44.5 Å². The summed E-state index contributed by atoms with van der Waals surface area (Å²) >= 11 is 5.86. The van der Waals surface area contributed by atoms with Crippen molar-refractivity contribution in [2.24, 2.45) is 5.92 Å². The van der Waals surface area contributed by atoms with Crippen LogP contribution in [0.25, 0.3) is 0 Å². The molecule has 4 heteroatoms. The fraction of sp³-hybridized carbons (Fsp3) is 0.500. The van der Waals surface area contributed by atoms with E-state index in [0.717, 1.165) is 11.6 Å². The van der Waals surface area contributed by atoms with E-state index in [1.807, 2.05) is 24.3 Å². The number of carbonyl (C=O) groups is 1. The van der Waals surface area contributed by atoms with Gasteiger partial charge >= 0.3 is 5.97 Å². The van der Waals surface area contributed by atoms with E-state index in [1.165, 1.54) is 5.56 Å². The molecule has 0 heterocycles. The van der Waals surface area contributed by atoms with Crippen molar-refractivity contribution in [3.05, 3.63) is 34.9 Å². The normalized spacial score (nSPS) is 13.3.